The fourth-order valence-electron chi connectivity index (χ4n) is 2.00. The van der Waals surface area contributed by atoms with Gasteiger partial charge in [-0.05, 0) is 42.8 Å². The molecule has 0 aromatic heterocycles. The van der Waals surface area contributed by atoms with Gasteiger partial charge in [-0.1, -0.05) is 18.2 Å². The molecule has 0 bridgehead atoms. The summed E-state index contributed by atoms with van der Waals surface area (Å²) >= 11 is 0. The lowest BCUT2D eigenvalue weighted by Gasteiger charge is -2.16. The highest BCUT2D eigenvalue weighted by Crippen LogP contribution is 2.20. The molecule has 4 heteroatoms. The Morgan fingerprint density at radius 2 is 1.90 bits per heavy atom. The summed E-state index contributed by atoms with van der Waals surface area (Å²) in [5.41, 5.74) is 2.27. The molecule has 2 rings (SSSR count). The molecule has 1 atom stereocenters. The predicted molar refractivity (Wildman–Crippen MR) is 78.3 cm³/mol. The highest BCUT2D eigenvalue weighted by Gasteiger charge is 2.08. The first-order chi connectivity index (χ1) is 9.60. The van der Waals surface area contributed by atoms with Crippen LogP contribution in [0.3, 0.4) is 0 Å². The zero-order chi connectivity index (χ0) is 14.5. The van der Waals surface area contributed by atoms with Crippen molar-refractivity contribution in [2.24, 2.45) is 0 Å². The summed E-state index contributed by atoms with van der Waals surface area (Å²) in [6, 6.07) is 13.6. The molecule has 0 radical (unpaired) electrons. The Balaban J connectivity index is 2.15. The van der Waals surface area contributed by atoms with Crippen LogP contribution in [0.1, 0.15) is 28.9 Å². The van der Waals surface area contributed by atoms with Crippen molar-refractivity contribution in [2.75, 3.05) is 12.4 Å². The van der Waals surface area contributed by atoms with Gasteiger partial charge in [-0.15, -0.1) is 0 Å². The predicted octanol–water partition coefficient (Wildman–Crippen LogP) is 3.36. The summed E-state index contributed by atoms with van der Waals surface area (Å²) in [4.78, 5) is 11.6. The lowest BCUT2D eigenvalue weighted by atomic mass is 10.1. The Hall–Kier alpha value is -2.36. The first kappa shape index (κ1) is 14.1. The number of carbonyl (C=O) groups is 1. The zero-order valence-electron chi connectivity index (χ0n) is 11.5. The molecule has 0 fully saturated rings. The van der Waals surface area contributed by atoms with Crippen LogP contribution >= 0.6 is 0 Å². The number of carbonyl (C=O) groups excluding carboxylic acids is 1. The van der Waals surface area contributed by atoms with E-state index in [0.29, 0.717) is 5.56 Å². The van der Waals surface area contributed by atoms with Crippen molar-refractivity contribution >= 4 is 11.6 Å². The number of rotatable bonds is 4. The average molecular weight is 272 g/mol. The standard InChI is InChI=1S/C16H17FN2O/c1-11(12-5-3-7-14(17)9-12)19-15-8-4-6-13(10-15)16(20)18-2/h3-11,19H,1-2H3,(H,18,20). The van der Waals surface area contributed by atoms with Crippen molar-refractivity contribution < 1.29 is 9.18 Å². The summed E-state index contributed by atoms with van der Waals surface area (Å²) in [6.45, 7) is 1.95. The third-order valence-corrected chi connectivity index (χ3v) is 3.08. The van der Waals surface area contributed by atoms with E-state index in [-0.39, 0.29) is 17.8 Å². The summed E-state index contributed by atoms with van der Waals surface area (Å²) in [7, 11) is 1.60. The van der Waals surface area contributed by atoms with E-state index in [4.69, 9.17) is 0 Å². The molecule has 1 amide bonds. The van der Waals surface area contributed by atoms with Crippen LogP contribution in [0.25, 0.3) is 0 Å². The average Bonchev–Trinajstić information content (AvgIpc) is 2.46. The zero-order valence-corrected chi connectivity index (χ0v) is 11.5. The molecule has 0 saturated carbocycles. The highest BCUT2D eigenvalue weighted by atomic mass is 19.1. The molecule has 3 nitrogen and oxygen atoms in total. The monoisotopic (exact) mass is 272 g/mol. The van der Waals surface area contributed by atoms with Gasteiger partial charge in [0.25, 0.3) is 5.91 Å². The van der Waals surface area contributed by atoms with Gasteiger partial charge in [0.05, 0.1) is 0 Å². The van der Waals surface area contributed by atoms with Gasteiger partial charge in [0.15, 0.2) is 0 Å². The van der Waals surface area contributed by atoms with Gasteiger partial charge >= 0.3 is 0 Å². The molecule has 0 heterocycles. The van der Waals surface area contributed by atoms with E-state index in [2.05, 4.69) is 10.6 Å². The summed E-state index contributed by atoms with van der Waals surface area (Å²) < 4.78 is 13.2. The van der Waals surface area contributed by atoms with E-state index in [1.54, 1.807) is 25.2 Å². The second kappa shape index (κ2) is 6.19. The van der Waals surface area contributed by atoms with Crippen molar-refractivity contribution in [2.45, 2.75) is 13.0 Å². The largest absolute Gasteiger partial charge is 0.378 e. The number of nitrogens with one attached hydrogen (secondary N) is 2. The molecule has 0 spiro atoms. The van der Waals surface area contributed by atoms with E-state index in [9.17, 15) is 9.18 Å². The van der Waals surface area contributed by atoms with Crippen LogP contribution < -0.4 is 10.6 Å². The summed E-state index contributed by atoms with van der Waals surface area (Å²) in [6.07, 6.45) is 0. The van der Waals surface area contributed by atoms with E-state index >= 15 is 0 Å². The Morgan fingerprint density at radius 3 is 2.60 bits per heavy atom. The highest BCUT2D eigenvalue weighted by molar-refractivity contribution is 5.94. The minimum atomic E-state index is -0.254. The fourth-order valence-corrected chi connectivity index (χ4v) is 2.00. The maximum Gasteiger partial charge on any atom is 0.251 e. The molecule has 1 unspecified atom stereocenters. The van der Waals surface area contributed by atoms with Crippen LogP contribution in [0.4, 0.5) is 10.1 Å². The van der Waals surface area contributed by atoms with E-state index in [0.717, 1.165) is 11.3 Å². The fraction of sp³-hybridized carbons (Fsp3) is 0.188. The normalized spacial score (nSPS) is 11.8. The van der Waals surface area contributed by atoms with E-state index in [1.807, 2.05) is 25.1 Å². The van der Waals surface area contributed by atoms with E-state index in [1.165, 1.54) is 12.1 Å². The smallest absolute Gasteiger partial charge is 0.251 e. The first-order valence-corrected chi connectivity index (χ1v) is 6.44. The second-order valence-electron chi connectivity index (χ2n) is 4.58. The molecule has 0 saturated heterocycles. The number of halogens is 1. The molecular weight excluding hydrogens is 255 g/mol. The summed E-state index contributed by atoms with van der Waals surface area (Å²) in [5, 5.41) is 5.84. The van der Waals surface area contributed by atoms with Gasteiger partial charge in [0, 0.05) is 24.3 Å². The van der Waals surface area contributed by atoms with Crippen molar-refractivity contribution in [1.82, 2.24) is 5.32 Å². The van der Waals surface area contributed by atoms with E-state index < -0.39 is 0 Å². The van der Waals surface area contributed by atoms with Crippen LogP contribution in [-0.2, 0) is 0 Å². The Morgan fingerprint density at radius 1 is 1.15 bits per heavy atom. The van der Waals surface area contributed by atoms with Gasteiger partial charge in [-0.25, -0.2) is 4.39 Å². The topological polar surface area (TPSA) is 41.1 Å². The molecular formula is C16H17FN2O. The van der Waals surface area contributed by atoms with Crippen molar-refractivity contribution in [3.8, 4) is 0 Å². The third kappa shape index (κ3) is 3.35. The Bertz CT molecular complexity index is 613. The van der Waals surface area contributed by atoms with Gasteiger partial charge in [0.1, 0.15) is 5.82 Å². The molecule has 104 valence electrons. The SMILES string of the molecule is CNC(=O)c1cccc(NC(C)c2cccc(F)c2)c1. The molecule has 2 N–H and O–H groups in total. The molecule has 0 aliphatic rings. The number of benzene rings is 2. The minimum absolute atomic E-state index is 0.0503. The number of hydrogen-bond acceptors (Lipinski definition) is 2. The van der Waals surface area contributed by atoms with Crippen LogP contribution in [0.2, 0.25) is 0 Å². The number of hydrogen-bond donors (Lipinski definition) is 2. The van der Waals surface area contributed by atoms with Crippen LogP contribution in [0, 0.1) is 5.82 Å². The minimum Gasteiger partial charge on any atom is -0.378 e. The first-order valence-electron chi connectivity index (χ1n) is 6.44. The maximum atomic E-state index is 13.2. The molecule has 20 heavy (non-hydrogen) atoms. The van der Waals surface area contributed by atoms with Crippen LogP contribution in [0.5, 0.6) is 0 Å². The third-order valence-electron chi connectivity index (χ3n) is 3.08. The van der Waals surface area contributed by atoms with Crippen molar-refractivity contribution in [3.63, 3.8) is 0 Å². The van der Waals surface area contributed by atoms with Gasteiger partial charge in [-0.3, -0.25) is 4.79 Å². The Labute approximate surface area is 117 Å². The lowest BCUT2D eigenvalue weighted by molar-refractivity contribution is 0.0963. The Kier molecular flexibility index (Phi) is 4.35. The van der Waals surface area contributed by atoms with Gasteiger partial charge in [-0.2, -0.15) is 0 Å². The van der Waals surface area contributed by atoms with Crippen molar-refractivity contribution in [3.05, 3.63) is 65.5 Å². The molecule has 0 aliphatic heterocycles. The van der Waals surface area contributed by atoms with Gasteiger partial charge < -0.3 is 10.6 Å². The molecule has 2 aromatic carbocycles. The van der Waals surface area contributed by atoms with Crippen LogP contribution in [-0.4, -0.2) is 13.0 Å². The maximum absolute atomic E-state index is 13.2. The molecule has 2 aromatic rings. The molecule has 0 aliphatic carbocycles. The number of amides is 1. The summed E-state index contributed by atoms with van der Waals surface area (Å²) in [5.74, 6) is -0.387. The van der Waals surface area contributed by atoms with Crippen LogP contribution in [0.15, 0.2) is 48.5 Å². The lowest BCUT2D eigenvalue weighted by Crippen LogP contribution is -2.18. The second-order valence-corrected chi connectivity index (χ2v) is 4.58. The number of anilines is 1. The quantitative estimate of drug-likeness (QED) is 0.896. The van der Waals surface area contributed by atoms with Crippen molar-refractivity contribution in [1.29, 1.82) is 0 Å². The van der Waals surface area contributed by atoms with Gasteiger partial charge in [0.2, 0.25) is 0 Å².